The van der Waals surface area contributed by atoms with Gasteiger partial charge in [-0.05, 0) is 18.9 Å². The van der Waals surface area contributed by atoms with Gasteiger partial charge in [-0.25, -0.2) is 0 Å². The normalized spacial score (nSPS) is 10.2. The molecule has 0 aliphatic heterocycles. The van der Waals surface area contributed by atoms with Crippen molar-refractivity contribution in [3.63, 3.8) is 0 Å². The molecule has 0 unspecified atom stereocenters. The van der Waals surface area contributed by atoms with Crippen LogP contribution in [0.25, 0.3) is 0 Å². The van der Waals surface area contributed by atoms with Gasteiger partial charge in [-0.3, -0.25) is 4.98 Å². The highest BCUT2D eigenvalue weighted by Crippen LogP contribution is 2.17. The number of hydrogen-bond donors (Lipinski definition) is 2. The van der Waals surface area contributed by atoms with E-state index in [2.05, 4.69) is 4.98 Å². The van der Waals surface area contributed by atoms with Crippen molar-refractivity contribution in [2.24, 2.45) is 0 Å². The predicted octanol–water partition coefficient (Wildman–Crippen LogP) is 1.37. The highest BCUT2D eigenvalue weighted by atomic mass is 14.8. The molecule has 3 heteroatoms. The number of anilines is 2. The molecule has 0 aromatic carbocycles. The predicted molar refractivity (Wildman–Crippen MR) is 51.8 cm³/mol. The molecule has 66 valence electrons. The van der Waals surface area contributed by atoms with Gasteiger partial charge >= 0.3 is 0 Å². The number of nitrogen functional groups attached to an aromatic ring is 2. The Morgan fingerprint density at radius 1 is 1.08 bits per heavy atom. The fourth-order valence-electron chi connectivity index (χ4n) is 1.19. The lowest BCUT2D eigenvalue weighted by Gasteiger charge is -2.07. The van der Waals surface area contributed by atoms with Crippen molar-refractivity contribution in [3.8, 4) is 0 Å². The number of pyridine rings is 1. The fraction of sp³-hybridized carbons (Fsp3) is 0.444. The molecule has 1 aromatic rings. The SMILES string of the molecule is CCc1nc(CC)c(N)cc1N. The van der Waals surface area contributed by atoms with Gasteiger partial charge in [0.2, 0.25) is 0 Å². The summed E-state index contributed by atoms with van der Waals surface area (Å²) >= 11 is 0. The van der Waals surface area contributed by atoms with Crippen LogP contribution in [0.3, 0.4) is 0 Å². The quantitative estimate of drug-likeness (QED) is 0.695. The van der Waals surface area contributed by atoms with Crippen molar-refractivity contribution in [3.05, 3.63) is 17.5 Å². The minimum atomic E-state index is 0.701. The second kappa shape index (κ2) is 3.43. The van der Waals surface area contributed by atoms with Crippen molar-refractivity contribution in [1.82, 2.24) is 4.98 Å². The topological polar surface area (TPSA) is 64.9 Å². The molecule has 1 heterocycles. The zero-order valence-corrected chi connectivity index (χ0v) is 7.59. The van der Waals surface area contributed by atoms with Crippen molar-refractivity contribution < 1.29 is 0 Å². The van der Waals surface area contributed by atoms with Gasteiger partial charge < -0.3 is 11.5 Å². The van der Waals surface area contributed by atoms with Crippen molar-refractivity contribution in [2.75, 3.05) is 11.5 Å². The van der Waals surface area contributed by atoms with E-state index in [-0.39, 0.29) is 0 Å². The van der Waals surface area contributed by atoms with Crippen LogP contribution >= 0.6 is 0 Å². The van der Waals surface area contributed by atoms with E-state index in [1.165, 1.54) is 0 Å². The van der Waals surface area contributed by atoms with E-state index in [1.54, 1.807) is 6.07 Å². The third-order valence-corrected chi connectivity index (χ3v) is 1.92. The third kappa shape index (κ3) is 1.49. The van der Waals surface area contributed by atoms with Crippen LogP contribution in [0.5, 0.6) is 0 Å². The zero-order valence-electron chi connectivity index (χ0n) is 7.59. The first-order valence-corrected chi connectivity index (χ1v) is 4.22. The summed E-state index contributed by atoms with van der Waals surface area (Å²) in [5.41, 5.74) is 14.7. The summed E-state index contributed by atoms with van der Waals surface area (Å²) in [5, 5.41) is 0. The maximum Gasteiger partial charge on any atom is 0.0634 e. The zero-order chi connectivity index (χ0) is 9.14. The molecule has 0 fully saturated rings. The fourth-order valence-corrected chi connectivity index (χ4v) is 1.19. The number of aryl methyl sites for hydroxylation is 2. The molecular formula is C9H15N3. The summed E-state index contributed by atoms with van der Waals surface area (Å²) in [5.74, 6) is 0. The molecule has 0 bridgehead atoms. The van der Waals surface area contributed by atoms with Gasteiger partial charge in [0.1, 0.15) is 0 Å². The summed E-state index contributed by atoms with van der Waals surface area (Å²) < 4.78 is 0. The number of aromatic nitrogens is 1. The van der Waals surface area contributed by atoms with E-state index in [0.717, 1.165) is 24.2 Å². The Bertz CT molecular complexity index is 256. The Morgan fingerprint density at radius 3 is 1.83 bits per heavy atom. The van der Waals surface area contributed by atoms with Crippen molar-refractivity contribution in [1.29, 1.82) is 0 Å². The first-order chi connectivity index (χ1) is 5.69. The Morgan fingerprint density at radius 2 is 1.50 bits per heavy atom. The lowest BCUT2D eigenvalue weighted by molar-refractivity contribution is 0.963. The highest BCUT2D eigenvalue weighted by molar-refractivity contribution is 5.56. The second-order valence-electron chi connectivity index (χ2n) is 2.77. The maximum absolute atomic E-state index is 5.71. The lowest BCUT2D eigenvalue weighted by atomic mass is 10.2. The molecule has 0 aliphatic rings. The van der Waals surface area contributed by atoms with E-state index in [9.17, 15) is 0 Å². The molecule has 1 aromatic heterocycles. The highest BCUT2D eigenvalue weighted by Gasteiger charge is 2.03. The molecular weight excluding hydrogens is 150 g/mol. The van der Waals surface area contributed by atoms with Gasteiger partial charge in [-0.1, -0.05) is 13.8 Å². The van der Waals surface area contributed by atoms with Gasteiger partial charge in [0.15, 0.2) is 0 Å². The Kier molecular flexibility index (Phi) is 2.53. The van der Waals surface area contributed by atoms with Crippen LogP contribution in [0, 0.1) is 0 Å². The molecule has 0 spiro atoms. The molecule has 1 rings (SSSR count). The Balaban J connectivity index is 3.18. The van der Waals surface area contributed by atoms with Crippen LogP contribution < -0.4 is 11.5 Å². The summed E-state index contributed by atoms with van der Waals surface area (Å²) in [7, 11) is 0. The van der Waals surface area contributed by atoms with Crippen LogP contribution in [0.1, 0.15) is 25.2 Å². The molecule has 0 atom stereocenters. The molecule has 0 amide bonds. The third-order valence-electron chi connectivity index (χ3n) is 1.92. The van der Waals surface area contributed by atoms with E-state index in [4.69, 9.17) is 11.5 Å². The van der Waals surface area contributed by atoms with Gasteiger partial charge in [0, 0.05) is 0 Å². The van der Waals surface area contributed by atoms with Crippen molar-refractivity contribution in [2.45, 2.75) is 26.7 Å². The Labute approximate surface area is 72.8 Å². The minimum Gasteiger partial charge on any atom is -0.397 e. The number of hydrogen-bond acceptors (Lipinski definition) is 3. The van der Waals surface area contributed by atoms with E-state index in [0.29, 0.717) is 11.4 Å². The average Bonchev–Trinajstić information content (AvgIpc) is 2.05. The van der Waals surface area contributed by atoms with E-state index < -0.39 is 0 Å². The first kappa shape index (κ1) is 8.84. The first-order valence-electron chi connectivity index (χ1n) is 4.22. The van der Waals surface area contributed by atoms with E-state index >= 15 is 0 Å². The van der Waals surface area contributed by atoms with Gasteiger partial charge in [0.25, 0.3) is 0 Å². The molecule has 0 aliphatic carbocycles. The summed E-state index contributed by atoms with van der Waals surface area (Å²) in [6, 6.07) is 1.80. The number of nitrogens with two attached hydrogens (primary N) is 2. The van der Waals surface area contributed by atoms with Gasteiger partial charge in [0.05, 0.1) is 22.8 Å². The molecule has 0 radical (unpaired) electrons. The summed E-state index contributed by atoms with van der Waals surface area (Å²) in [4.78, 5) is 4.36. The number of nitrogens with zero attached hydrogens (tertiary/aromatic N) is 1. The van der Waals surface area contributed by atoms with Gasteiger partial charge in [-0.15, -0.1) is 0 Å². The summed E-state index contributed by atoms with van der Waals surface area (Å²) in [6.45, 7) is 4.07. The standard InChI is InChI=1S/C9H15N3/c1-3-8-6(10)5-7(11)9(4-2)12-8/h5H,3-4,10-11H2,1-2H3. The maximum atomic E-state index is 5.71. The van der Waals surface area contributed by atoms with Crippen LogP contribution in [0.2, 0.25) is 0 Å². The molecule has 4 N–H and O–H groups in total. The van der Waals surface area contributed by atoms with Gasteiger partial charge in [-0.2, -0.15) is 0 Å². The lowest BCUT2D eigenvalue weighted by Crippen LogP contribution is -2.04. The van der Waals surface area contributed by atoms with Crippen LogP contribution in [-0.2, 0) is 12.8 Å². The molecule has 3 nitrogen and oxygen atoms in total. The average molecular weight is 165 g/mol. The van der Waals surface area contributed by atoms with Crippen LogP contribution in [0.4, 0.5) is 11.4 Å². The molecule has 0 saturated carbocycles. The minimum absolute atomic E-state index is 0.701. The van der Waals surface area contributed by atoms with E-state index in [1.807, 2.05) is 13.8 Å². The molecule has 0 saturated heterocycles. The molecule has 12 heavy (non-hydrogen) atoms. The second-order valence-corrected chi connectivity index (χ2v) is 2.77. The smallest absolute Gasteiger partial charge is 0.0634 e. The monoisotopic (exact) mass is 165 g/mol. The van der Waals surface area contributed by atoms with Crippen molar-refractivity contribution >= 4 is 11.4 Å². The largest absolute Gasteiger partial charge is 0.397 e. The number of rotatable bonds is 2. The van der Waals surface area contributed by atoms with Crippen LogP contribution in [-0.4, -0.2) is 4.98 Å². The van der Waals surface area contributed by atoms with Crippen LogP contribution in [0.15, 0.2) is 6.07 Å². The summed E-state index contributed by atoms with van der Waals surface area (Å²) in [6.07, 6.45) is 1.72. The Hall–Kier alpha value is -1.25.